The highest BCUT2D eigenvalue weighted by atomic mass is 32.2. The standard InChI is InChI=1S/C9H8N4OS.C4H4N2.H2O3S/c14-9(12-8-6-10-13-15-8)11-7-4-2-1-3-5-7;1-2-5-4-6-3-1;1-4(2)3/h1-6H,(H2,11,12,14);1-4H;(H2,1,2,3)/p-1. The van der Waals surface area contributed by atoms with Gasteiger partial charge >= 0.3 is 6.03 Å². The van der Waals surface area contributed by atoms with Crippen molar-refractivity contribution in [2.45, 2.75) is 0 Å². The molecule has 1 unspecified atom stereocenters. The maximum absolute atomic E-state index is 11.4. The van der Waals surface area contributed by atoms with E-state index in [0.29, 0.717) is 5.00 Å². The van der Waals surface area contributed by atoms with Crippen LogP contribution in [0.1, 0.15) is 0 Å². The minimum Gasteiger partial charge on any atom is -0.750 e. The van der Waals surface area contributed by atoms with Crippen LogP contribution >= 0.6 is 11.5 Å². The minimum atomic E-state index is -2.86. The Kier molecular flexibility index (Phi) is 10.2. The average molecular weight is 381 g/mol. The number of nitrogens with zero attached hydrogens (tertiary/aromatic N) is 4. The van der Waals surface area contributed by atoms with Crippen molar-refractivity contribution < 1.29 is 18.1 Å². The molecule has 1 atom stereocenters. The first-order chi connectivity index (χ1) is 12.1. The average Bonchev–Trinajstić information content (AvgIpc) is 3.10. The van der Waals surface area contributed by atoms with Gasteiger partial charge in [-0.15, -0.1) is 5.10 Å². The van der Waals surface area contributed by atoms with Crippen molar-refractivity contribution in [3.63, 3.8) is 0 Å². The van der Waals surface area contributed by atoms with Crippen molar-refractivity contribution in [3.05, 3.63) is 61.3 Å². The van der Waals surface area contributed by atoms with Crippen molar-refractivity contribution in [2.24, 2.45) is 0 Å². The van der Waals surface area contributed by atoms with Crippen LogP contribution < -0.4 is 10.6 Å². The van der Waals surface area contributed by atoms with Gasteiger partial charge in [0.05, 0.1) is 17.6 Å². The number of carbonyl (C=O) groups excluding carboxylic acids is 1. The van der Waals surface area contributed by atoms with Gasteiger partial charge in [0.25, 0.3) is 0 Å². The van der Waals surface area contributed by atoms with E-state index in [2.05, 4.69) is 30.2 Å². The summed E-state index contributed by atoms with van der Waals surface area (Å²) >= 11 is -1.73. The number of aromatic nitrogens is 4. The Morgan fingerprint density at radius 3 is 2.20 bits per heavy atom. The molecule has 0 aliphatic heterocycles. The monoisotopic (exact) mass is 381 g/mol. The van der Waals surface area contributed by atoms with Crippen LogP contribution in [-0.2, 0) is 11.4 Å². The van der Waals surface area contributed by atoms with E-state index < -0.39 is 11.4 Å². The molecule has 0 saturated carbocycles. The summed E-state index contributed by atoms with van der Waals surface area (Å²) in [6.45, 7) is 0. The molecule has 2 amide bonds. The number of rotatable bonds is 2. The van der Waals surface area contributed by atoms with Crippen LogP contribution in [0.5, 0.6) is 0 Å². The third-order valence-electron chi connectivity index (χ3n) is 2.11. The van der Waals surface area contributed by atoms with Gasteiger partial charge in [-0.1, -0.05) is 22.7 Å². The molecule has 3 N–H and O–H groups in total. The summed E-state index contributed by atoms with van der Waals surface area (Å²) in [4.78, 5) is 18.8. The third kappa shape index (κ3) is 11.4. The molecule has 2 heterocycles. The molecular formula is C13H13N6O4S2-. The number of benzene rings is 1. The lowest BCUT2D eigenvalue weighted by Gasteiger charge is -2.04. The highest BCUT2D eigenvalue weighted by molar-refractivity contribution is 7.73. The van der Waals surface area contributed by atoms with Crippen molar-refractivity contribution in [3.8, 4) is 0 Å². The van der Waals surface area contributed by atoms with Gasteiger partial charge in [0.15, 0.2) is 0 Å². The second-order valence-electron chi connectivity index (χ2n) is 3.85. The van der Waals surface area contributed by atoms with Crippen molar-refractivity contribution >= 4 is 39.6 Å². The molecule has 0 bridgehead atoms. The summed E-state index contributed by atoms with van der Waals surface area (Å²) in [5.74, 6) is 0. The molecule has 0 radical (unpaired) electrons. The molecule has 0 aliphatic rings. The molecule has 12 heteroatoms. The molecule has 0 saturated heterocycles. The van der Waals surface area contributed by atoms with Crippen molar-refractivity contribution in [1.82, 2.24) is 19.6 Å². The van der Waals surface area contributed by atoms with Crippen molar-refractivity contribution in [1.29, 1.82) is 0 Å². The number of carbonyl (C=O) groups is 1. The molecule has 2 aromatic heterocycles. The molecule has 3 rings (SSSR count). The van der Waals surface area contributed by atoms with Crippen LogP contribution in [0.4, 0.5) is 15.5 Å². The Morgan fingerprint density at radius 2 is 1.76 bits per heavy atom. The first kappa shape index (κ1) is 20.2. The number of hydrogen-bond acceptors (Lipinski definition) is 8. The Hall–Kier alpha value is -2.80. The lowest BCUT2D eigenvalue weighted by Crippen LogP contribution is -2.18. The molecule has 0 spiro atoms. The third-order valence-corrected chi connectivity index (χ3v) is 2.69. The normalized spacial score (nSPS) is 10.2. The maximum Gasteiger partial charge on any atom is 0.324 e. The Labute approximate surface area is 149 Å². The lowest BCUT2D eigenvalue weighted by molar-refractivity contribution is 0.262. The van der Waals surface area contributed by atoms with E-state index in [-0.39, 0.29) is 6.03 Å². The second-order valence-corrected chi connectivity index (χ2v) is 5.07. The topological polar surface area (TPSA) is 153 Å². The minimum absolute atomic E-state index is 0.299. The van der Waals surface area contributed by atoms with E-state index in [1.807, 2.05) is 30.3 Å². The van der Waals surface area contributed by atoms with Gasteiger partial charge < -0.3 is 14.4 Å². The van der Waals surface area contributed by atoms with E-state index in [0.717, 1.165) is 17.2 Å². The van der Waals surface area contributed by atoms with E-state index in [1.165, 1.54) is 12.5 Å². The molecule has 25 heavy (non-hydrogen) atoms. The maximum atomic E-state index is 11.4. The summed E-state index contributed by atoms with van der Waals surface area (Å²) in [6.07, 6.45) is 6.37. The first-order valence-corrected chi connectivity index (χ1v) is 8.27. The van der Waals surface area contributed by atoms with Gasteiger partial charge in [-0.05, 0) is 18.2 Å². The number of urea groups is 1. The summed E-state index contributed by atoms with van der Waals surface area (Å²) in [5, 5.41) is 9.52. The number of nitrogens with one attached hydrogen (secondary N) is 2. The quantitative estimate of drug-likeness (QED) is 0.570. The fourth-order valence-corrected chi connectivity index (χ4v) is 1.69. The summed E-state index contributed by atoms with van der Waals surface area (Å²) in [5.41, 5.74) is 0.743. The Balaban J connectivity index is 0.000000257. The lowest BCUT2D eigenvalue weighted by atomic mass is 10.3. The van der Waals surface area contributed by atoms with Crippen LogP contribution in [-0.4, -0.2) is 38.9 Å². The number of anilines is 2. The highest BCUT2D eigenvalue weighted by Gasteiger charge is 2.03. The molecule has 3 aromatic rings. The van der Waals surface area contributed by atoms with Gasteiger partial charge in [0, 0.05) is 29.6 Å². The second kappa shape index (κ2) is 12.6. The van der Waals surface area contributed by atoms with Crippen LogP contribution in [0.2, 0.25) is 0 Å². The zero-order chi connectivity index (χ0) is 18.3. The summed E-state index contributed by atoms with van der Waals surface area (Å²) in [6, 6.07) is 10.7. The molecule has 0 aliphatic carbocycles. The predicted molar refractivity (Wildman–Crippen MR) is 92.6 cm³/mol. The number of amides is 2. The van der Waals surface area contributed by atoms with E-state index in [4.69, 9.17) is 13.3 Å². The zero-order valence-electron chi connectivity index (χ0n) is 12.6. The SMILES string of the molecule is O=C(Nc1ccccc1)Nc1cnns1.O=S([O-])O.c1cncnc1. The van der Waals surface area contributed by atoms with Gasteiger partial charge in [-0.2, -0.15) is 0 Å². The molecule has 10 nitrogen and oxygen atoms in total. The summed E-state index contributed by atoms with van der Waals surface area (Å²) in [7, 11) is 0. The van der Waals surface area contributed by atoms with Gasteiger partial charge in [0.2, 0.25) is 0 Å². The fraction of sp³-hybridized carbons (Fsp3) is 0. The molecule has 1 aromatic carbocycles. The Bertz CT molecular complexity index is 700. The highest BCUT2D eigenvalue weighted by Crippen LogP contribution is 2.10. The largest absolute Gasteiger partial charge is 0.750 e. The molecule has 132 valence electrons. The number of para-hydroxylation sites is 1. The van der Waals surface area contributed by atoms with Crippen molar-refractivity contribution in [2.75, 3.05) is 10.6 Å². The van der Waals surface area contributed by atoms with Crippen LogP contribution in [0.3, 0.4) is 0 Å². The van der Waals surface area contributed by atoms with Gasteiger partial charge in [-0.3, -0.25) is 5.32 Å². The number of hydrogen-bond donors (Lipinski definition) is 3. The van der Waals surface area contributed by atoms with E-state index >= 15 is 0 Å². The molecular weight excluding hydrogens is 368 g/mol. The smallest absolute Gasteiger partial charge is 0.324 e. The van der Waals surface area contributed by atoms with Gasteiger partial charge in [-0.25, -0.2) is 19.0 Å². The fourth-order valence-electron chi connectivity index (χ4n) is 1.27. The van der Waals surface area contributed by atoms with Crippen LogP contribution in [0.25, 0.3) is 0 Å². The van der Waals surface area contributed by atoms with Gasteiger partial charge in [0.1, 0.15) is 11.3 Å². The van der Waals surface area contributed by atoms with E-state index in [1.54, 1.807) is 18.5 Å². The predicted octanol–water partition coefficient (Wildman–Crippen LogP) is 2.00. The molecule has 0 fully saturated rings. The first-order valence-electron chi connectivity index (χ1n) is 6.46. The van der Waals surface area contributed by atoms with E-state index in [9.17, 15) is 4.79 Å². The van der Waals surface area contributed by atoms with Crippen LogP contribution in [0, 0.1) is 0 Å². The van der Waals surface area contributed by atoms with Crippen LogP contribution in [0.15, 0.2) is 61.3 Å². The zero-order valence-corrected chi connectivity index (χ0v) is 14.2. The Morgan fingerprint density at radius 1 is 1.12 bits per heavy atom. The summed E-state index contributed by atoms with van der Waals surface area (Å²) < 4.78 is 27.7.